The Bertz CT molecular complexity index is 454. The summed E-state index contributed by atoms with van der Waals surface area (Å²) in [4.78, 5) is 1.47. The highest BCUT2D eigenvalue weighted by Crippen LogP contribution is 2.36. The van der Waals surface area contributed by atoms with Gasteiger partial charge in [0, 0.05) is 23.2 Å². The van der Waals surface area contributed by atoms with Crippen molar-refractivity contribution in [1.29, 1.82) is 0 Å². The van der Waals surface area contributed by atoms with Gasteiger partial charge in [0.1, 0.15) is 0 Å². The zero-order valence-corrected chi connectivity index (χ0v) is 11.2. The number of thiophene rings is 1. The molecule has 0 amide bonds. The minimum absolute atomic E-state index is 0.700. The second-order valence-electron chi connectivity index (χ2n) is 4.31. The maximum absolute atomic E-state index is 3.55. The topological polar surface area (TPSA) is 12.0 Å². The predicted octanol–water partition coefficient (Wildman–Crippen LogP) is 3.55. The first-order valence-electron chi connectivity index (χ1n) is 5.88. The summed E-state index contributed by atoms with van der Waals surface area (Å²) in [5.41, 5.74) is 2.91. The summed E-state index contributed by atoms with van der Waals surface area (Å²) in [6, 6.07) is 10.9. The maximum Gasteiger partial charge on any atom is 0.0260 e. The van der Waals surface area contributed by atoms with E-state index in [0.717, 1.165) is 13.1 Å². The van der Waals surface area contributed by atoms with Gasteiger partial charge in [0.2, 0.25) is 0 Å². The van der Waals surface area contributed by atoms with Gasteiger partial charge in [-0.1, -0.05) is 18.2 Å². The highest BCUT2D eigenvalue weighted by Gasteiger charge is 2.20. The van der Waals surface area contributed by atoms with Gasteiger partial charge < -0.3 is 5.32 Å². The van der Waals surface area contributed by atoms with Crippen LogP contribution in [0.1, 0.15) is 11.1 Å². The smallest absolute Gasteiger partial charge is 0.0260 e. The summed E-state index contributed by atoms with van der Waals surface area (Å²) in [5, 5.41) is 8.60. The van der Waals surface area contributed by atoms with E-state index >= 15 is 0 Å². The van der Waals surface area contributed by atoms with E-state index in [1.807, 2.05) is 11.8 Å². The van der Waals surface area contributed by atoms with Gasteiger partial charge in [-0.25, -0.2) is 0 Å². The second kappa shape index (κ2) is 5.25. The Morgan fingerprint density at radius 1 is 1.24 bits per heavy atom. The molecule has 17 heavy (non-hydrogen) atoms. The largest absolute Gasteiger partial charge is 0.312 e. The van der Waals surface area contributed by atoms with E-state index in [1.54, 1.807) is 11.3 Å². The molecule has 0 bridgehead atoms. The fraction of sp³-hybridized carbons (Fsp3) is 0.286. The molecule has 1 aromatic carbocycles. The Balaban J connectivity index is 1.49. The molecule has 2 aromatic rings. The molecule has 1 atom stereocenters. The molecular formula is C14H15NS2. The van der Waals surface area contributed by atoms with Crippen LogP contribution in [0.2, 0.25) is 0 Å². The predicted molar refractivity (Wildman–Crippen MR) is 75.8 cm³/mol. The fourth-order valence-corrected chi connectivity index (χ4v) is 4.09. The van der Waals surface area contributed by atoms with Crippen LogP contribution in [-0.2, 0) is 13.0 Å². The summed E-state index contributed by atoms with van der Waals surface area (Å²) in [7, 11) is 0. The molecule has 1 nitrogen and oxygen atoms in total. The van der Waals surface area contributed by atoms with Gasteiger partial charge in [-0.2, -0.15) is 11.3 Å². The number of benzene rings is 1. The average molecular weight is 261 g/mol. The van der Waals surface area contributed by atoms with Crippen LogP contribution in [0.25, 0.3) is 0 Å². The zero-order chi connectivity index (χ0) is 11.5. The molecule has 2 heterocycles. The molecule has 1 aromatic heterocycles. The molecule has 88 valence electrons. The molecule has 1 aliphatic rings. The van der Waals surface area contributed by atoms with Crippen LogP contribution in [0, 0.1) is 0 Å². The minimum Gasteiger partial charge on any atom is -0.312 e. The van der Waals surface area contributed by atoms with E-state index in [0.29, 0.717) is 5.25 Å². The van der Waals surface area contributed by atoms with Crippen LogP contribution in [0.5, 0.6) is 0 Å². The third-order valence-electron chi connectivity index (χ3n) is 3.00. The Morgan fingerprint density at radius 2 is 2.18 bits per heavy atom. The van der Waals surface area contributed by atoms with Crippen molar-refractivity contribution in [2.75, 3.05) is 6.54 Å². The summed E-state index contributed by atoms with van der Waals surface area (Å²) in [5.74, 6) is 0. The van der Waals surface area contributed by atoms with Crippen LogP contribution >= 0.6 is 23.1 Å². The van der Waals surface area contributed by atoms with Gasteiger partial charge in [0.15, 0.2) is 0 Å². The van der Waals surface area contributed by atoms with Gasteiger partial charge >= 0.3 is 0 Å². The average Bonchev–Trinajstić information content (AvgIpc) is 2.96. The first-order chi connectivity index (χ1) is 8.42. The van der Waals surface area contributed by atoms with Gasteiger partial charge in [0.25, 0.3) is 0 Å². The van der Waals surface area contributed by atoms with Crippen molar-refractivity contribution in [3.8, 4) is 0 Å². The Morgan fingerprint density at radius 3 is 3.00 bits per heavy atom. The molecule has 3 rings (SSSR count). The molecule has 1 N–H and O–H groups in total. The highest BCUT2D eigenvalue weighted by atomic mass is 32.2. The number of hydrogen-bond donors (Lipinski definition) is 1. The fourth-order valence-electron chi connectivity index (χ4n) is 2.14. The van der Waals surface area contributed by atoms with Crippen molar-refractivity contribution in [2.24, 2.45) is 0 Å². The SMILES string of the molecule is c1ccc2c(c1)CC(CNCc1ccsc1)S2. The van der Waals surface area contributed by atoms with Crippen molar-refractivity contribution < 1.29 is 0 Å². The number of nitrogens with one attached hydrogen (secondary N) is 1. The van der Waals surface area contributed by atoms with Crippen molar-refractivity contribution in [2.45, 2.75) is 23.1 Å². The van der Waals surface area contributed by atoms with Crippen LogP contribution in [-0.4, -0.2) is 11.8 Å². The molecule has 0 aliphatic carbocycles. The first-order valence-corrected chi connectivity index (χ1v) is 7.70. The van der Waals surface area contributed by atoms with E-state index in [2.05, 4.69) is 46.4 Å². The van der Waals surface area contributed by atoms with E-state index < -0.39 is 0 Å². The lowest BCUT2D eigenvalue weighted by Gasteiger charge is -2.09. The van der Waals surface area contributed by atoms with Gasteiger partial charge in [-0.15, -0.1) is 11.8 Å². The Labute approximate surface area is 110 Å². The van der Waals surface area contributed by atoms with Crippen LogP contribution in [0.15, 0.2) is 46.0 Å². The summed E-state index contributed by atoms with van der Waals surface area (Å²) >= 11 is 3.78. The van der Waals surface area contributed by atoms with Crippen LogP contribution in [0.3, 0.4) is 0 Å². The molecule has 0 spiro atoms. The molecule has 0 saturated heterocycles. The lowest BCUT2D eigenvalue weighted by atomic mass is 10.1. The van der Waals surface area contributed by atoms with Crippen LogP contribution < -0.4 is 5.32 Å². The third-order valence-corrected chi connectivity index (χ3v) is 5.05. The number of thioether (sulfide) groups is 1. The summed E-state index contributed by atoms with van der Waals surface area (Å²) in [6.07, 6.45) is 1.21. The van der Waals surface area contributed by atoms with Crippen molar-refractivity contribution in [3.63, 3.8) is 0 Å². The van der Waals surface area contributed by atoms with Gasteiger partial charge in [-0.3, -0.25) is 0 Å². The Hall–Kier alpha value is -0.770. The standard InChI is InChI=1S/C14H15NS2/c1-2-4-14-12(3-1)7-13(17-14)9-15-8-11-5-6-16-10-11/h1-6,10,13,15H,7-9H2. The molecule has 3 heteroatoms. The Kier molecular flexibility index (Phi) is 3.50. The number of fused-ring (bicyclic) bond motifs is 1. The van der Waals surface area contributed by atoms with Crippen molar-refractivity contribution in [1.82, 2.24) is 5.32 Å². The number of hydrogen-bond acceptors (Lipinski definition) is 3. The van der Waals surface area contributed by atoms with E-state index in [4.69, 9.17) is 0 Å². The molecule has 1 aliphatic heterocycles. The molecule has 0 radical (unpaired) electrons. The first kappa shape index (κ1) is 11.3. The minimum atomic E-state index is 0.700. The highest BCUT2D eigenvalue weighted by molar-refractivity contribution is 8.00. The maximum atomic E-state index is 3.55. The van der Waals surface area contributed by atoms with E-state index in [1.165, 1.54) is 22.4 Å². The quantitative estimate of drug-likeness (QED) is 0.903. The zero-order valence-electron chi connectivity index (χ0n) is 9.56. The van der Waals surface area contributed by atoms with Crippen molar-refractivity contribution >= 4 is 23.1 Å². The number of rotatable bonds is 4. The lowest BCUT2D eigenvalue weighted by molar-refractivity contribution is 0.666. The molecule has 0 fully saturated rings. The normalized spacial score (nSPS) is 18.2. The molecular weight excluding hydrogens is 246 g/mol. The van der Waals surface area contributed by atoms with Gasteiger partial charge in [-0.05, 0) is 40.4 Å². The van der Waals surface area contributed by atoms with E-state index in [-0.39, 0.29) is 0 Å². The van der Waals surface area contributed by atoms with Crippen LogP contribution in [0.4, 0.5) is 0 Å². The monoisotopic (exact) mass is 261 g/mol. The van der Waals surface area contributed by atoms with E-state index in [9.17, 15) is 0 Å². The van der Waals surface area contributed by atoms with Gasteiger partial charge in [0.05, 0.1) is 0 Å². The third kappa shape index (κ3) is 2.73. The van der Waals surface area contributed by atoms with Crippen molar-refractivity contribution in [3.05, 3.63) is 52.2 Å². The molecule has 0 saturated carbocycles. The lowest BCUT2D eigenvalue weighted by Crippen LogP contribution is -2.23. The second-order valence-corrected chi connectivity index (χ2v) is 6.44. The molecule has 1 unspecified atom stereocenters. The summed E-state index contributed by atoms with van der Waals surface area (Å²) in [6.45, 7) is 2.09. The summed E-state index contributed by atoms with van der Waals surface area (Å²) < 4.78 is 0.